The Kier molecular flexibility index (Phi) is 3.55. The van der Waals surface area contributed by atoms with Gasteiger partial charge >= 0.3 is 0 Å². The fourth-order valence-corrected chi connectivity index (χ4v) is 2.56. The maximum atomic E-state index is 11.3. The average Bonchev–Trinajstić information content (AvgIpc) is 2.04. The Labute approximate surface area is 82.8 Å². The van der Waals surface area contributed by atoms with E-state index in [1.165, 1.54) is 0 Å². The Balaban J connectivity index is 2.45. The van der Waals surface area contributed by atoms with Crippen LogP contribution in [0.2, 0.25) is 0 Å². The maximum absolute atomic E-state index is 11.3. The Morgan fingerprint density at radius 2 is 1.85 bits per heavy atom. The summed E-state index contributed by atoms with van der Waals surface area (Å²) < 4.78 is 22.0. The minimum atomic E-state index is -2.89. The van der Waals surface area contributed by atoms with Gasteiger partial charge in [-0.25, -0.2) is 8.42 Å². The first-order valence-electron chi connectivity index (χ1n) is 4.09. The van der Waals surface area contributed by atoms with E-state index in [0.29, 0.717) is 25.4 Å². The Hall–Kier alpha value is -0.290. The normalized spacial score (nSPS) is 21.5. The molecule has 0 saturated carbocycles. The van der Waals surface area contributed by atoms with Gasteiger partial charge in [0, 0.05) is 25.4 Å². The van der Waals surface area contributed by atoms with Gasteiger partial charge in [-0.3, -0.25) is 4.79 Å². The minimum Gasteiger partial charge on any atom is -0.341 e. The number of halogens is 1. The van der Waals surface area contributed by atoms with E-state index < -0.39 is 9.84 Å². The van der Waals surface area contributed by atoms with Gasteiger partial charge in [0.15, 0.2) is 9.84 Å². The summed E-state index contributed by atoms with van der Waals surface area (Å²) in [6.45, 7) is 0.635. The SMILES string of the molecule is O=C(CCCl)N1CCS(=O)(=O)CC1. The van der Waals surface area contributed by atoms with Crippen LogP contribution in [0, 0.1) is 0 Å². The van der Waals surface area contributed by atoms with E-state index in [1.807, 2.05) is 0 Å². The molecule has 0 unspecified atom stereocenters. The Morgan fingerprint density at radius 1 is 1.31 bits per heavy atom. The third-order valence-corrected chi connectivity index (χ3v) is 3.80. The lowest BCUT2D eigenvalue weighted by atomic mass is 10.4. The molecular weight excluding hydrogens is 214 g/mol. The highest BCUT2D eigenvalue weighted by molar-refractivity contribution is 7.91. The van der Waals surface area contributed by atoms with E-state index in [1.54, 1.807) is 4.90 Å². The molecule has 76 valence electrons. The van der Waals surface area contributed by atoms with Crippen LogP contribution < -0.4 is 0 Å². The molecule has 1 fully saturated rings. The van der Waals surface area contributed by atoms with Gasteiger partial charge in [0.2, 0.25) is 5.91 Å². The number of nitrogens with zero attached hydrogens (tertiary/aromatic N) is 1. The zero-order chi connectivity index (χ0) is 9.90. The third-order valence-electron chi connectivity index (χ3n) is 2.01. The molecule has 1 aliphatic rings. The first-order valence-corrected chi connectivity index (χ1v) is 6.45. The molecule has 4 nitrogen and oxygen atoms in total. The van der Waals surface area contributed by atoms with Crippen LogP contribution in [0.25, 0.3) is 0 Å². The fraction of sp³-hybridized carbons (Fsp3) is 0.857. The van der Waals surface area contributed by atoms with Crippen molar-refractivity contribution < 1.29 is 13.2 Å². The average molecular weight is 226 g/mol. The number of rotatable bonds is 2. The highest BCUT2D eigenvalue weighted by Crippen LogP contribution is 2.05. The molecule has 0 aliphatic carbocycles. The monoisotopic (exact) mass is 225 g/mol. The van der Waals surface area contributed by atoms with Gasteiger partial charge in [0.1, 0.15) is 0 Å². The van der Waals surface area contributed by atoms with Crippen molar-refractivity contribution in [2.24, 2.45) is 0 Å². The summed E-state index contributed by atoms with van der Waals surface area (Å²) in [4.78, 5) is 12.8. The highest BCUT2D eigenvalue weighted by atomic mass is 35.5. The van der Waals surface area contributed by atoms with Crippen LogP contribution >= 0.6 is 11.6 Å². The summed E-state index contributed by atoms with van der Waals surface area (Å²) in [5.41, 5.74) is 0. The second kappa shape index (κ2) is 4.28. The van der Waals surface area contributed by atoms with E-state index in [4.69, 9.17) is 11.6 Å². The predicted molar refractivity (Wildman–Crippen MR) is 50.6 cm³/mol. The van der Waals surface area contributed by atoms with Crippen molar-refractivity contribution in [1.29, 1.82) is 0 Å². The molecule has 6 heteroatoms. The number of hydrogen-bond donors (Lipinski definition) is 0. The largest absolute Gasteiger partial charge is 0.341 e. The summed E-state index contributed by atoms with van der Waals surface area (Å²) in [6.07, 6.45) is 0.293. The topological polar surface area (TPSA) is 54.5 Å². The smallest absolute Gasteiger partial charge is 0.223 e. The zero-order valence-corrected chi connectivity index (χ0v) is 8.77. The summed E-state index contributed by atoms with van der Waals surface area (Å²) in [6, 6.07) is 0. The van der Waals surface area contributed by atoms with Crippen molar-refractivity contribution in [3.05, 3.63) is 0 Å². The molecule has 1 rings (SSSR count). The molecule has 0 atom stereocenters. The van der Waals surface area contributed by atoms with E-state index in [-0.39, 0.29) is 17.4 Å². The van der Waals surface area contributed by atoms with E-state index >= 15 is 0 Å². The number of alkyl halides is 1. The molecule has 1 aliphatic heterocycles. The fourth-order valence-electron chi connectivity index (χ4n) is 1.20. The summed E-state index contributed by atoms with van der Waals surface area (Å²) in [5.74, 6) is 0.411. The van der Waals surface area contributed by atoms with Crippen molar-refractivity contribution in [3.8, 4) is 0 Å². The summed E-state index contributed by atoms with van der Waals surface area (Å²) in [5, 5.41) is 0. The molecule has 0 aromatic rings. The summed E-state index contributed by atoms with van der Waals surface area (Å²) >= 11 is 5.41. The van der Waals surface area contributed by atoms with Crippen molar-refractivity contribution in [3.63, 3.8) is 0 Å². The van der Waals surface area contributed by atoms with Crippen molar-refractivity contribution in [2.75, 3.05) is 30.5 Å². The molecule has 13 heavy (non-hydrogen) atoms. The predicted octanol–water partition coefficient (Wildman–Crippen LogP) is -0.128. The van der Waals surface area contributed by atoms with Crippen LogP contribution in [0.3, 0.4) is 0 Å². The van der Waals surface area contributed by atoms with Gasteiger partial charge in [-0.1, -0.05) is 0 Å². The minimum absolute atomic E-state index is 0.0510. The molecule has 0 spiro atoms. The molecule has 0 bridgehead atoms. The van der Waals surface area contributed by atoms with Gasteiger partial charge in [-0.2, -0.15) is 0 Å². The quantitative estimate of drug-likeness (QED) is 0.616. The van der Waals surface area contributed by atoms with Crippen LogP contribution in [0.5, 0.6) is 0 Å². The molecule has 1 heterocycles. The number of hydrogen-bond acceptors (Lipinski definition) is 3. The van der Waals surface area contributed by atoms with Gasteiger partial charge in [0.25, 0.3) is 0 Å². The number of amides is 1. The van der Waals surface area contributed by atoms with E-state index in [2.05, 4.69) is 0 Å². The lowest BCUT2D eigenvalue weighted by Crippen LogP contribution is -2.43. The van der Waals surface area contributed by atoms with Crippen LogP contribution in [0.4, 0.5) is 0 Å². The van der Waals surface area contributed by atoms with Crippen LogP contribution in [0.1, 0.15) is 6.42 Å². The zero-order valence-electron chi connectivity index (χ0n) is 7.20. The van der Waals surface area contributed by atoms with E-state index in [9.17, 15) is 13.2 Å². The number of carbonyl (C=O) groups excluding carboxylic acids is 1. The lowest BCUT2D eigenvalue weighted by molar-refractivity contribution is -0.130. The van der Waals surface area contributed by atoms with Gasteiger partial charge < -0.3 is 4.90 Å². The van der Waals surface area contributed by atoms with Crippen molar-refractivity contribution in [1.82, 2.24) is 4.90 Å². The van der Waals surface area contributed by atoms with E-state index in [0.717, 1.165) is 0 Å². The second-order valence-electron chi connectivity index (χ2n) is 2.97. The van der Waals surface area contributed by atoms with Crippen molar-refractivity contribution >= 4 is 27.3 Å². The second-order valence-corrected chi connectivity index (χ2v) is 5.65. The molecule has 0 N–H and O–H groups in total. The molecule has 0 aromatic heterocycles. The van der Waals surface area contributed by atoms with Crippen LogP contribution in [-0.2, 0) is 14.6 Å². The molecule has 0 radical (unpaired) electrons. The van der Waals surface area contributed by atoms with Gasteiger partial charge in [0.05, 0.1) is 11.5 Å². The van der Waals surface area contributed by atoms with Crippen molar-refractivity contribution in [2.45, 2.75) is 6.42 Å². The highest BCUT2D eigenvalue weighted by Gasteiger charge is 2.24. The lowest BCUT2D eigenvalue weighted by Gasteiger charge is -2.26. The van der Waals surface area contributed by atoms with Gasteiger partial charge in [-0.05, 0) is 0 Å². The standard InChI is InChI=1S/C7H12ClNO3S/c8-2-1-7(10)9-3-5-13(11,12)6-4-9/h1-6H2. The Morgan fingerprint density at radius 3 is 2.31 bits per heavy atom. The molecule has 1 amide bonds. The first kappa shape index (κ1) is 10.8. The first-order chi connectivity index (χ1) is 6.05. The molecule has 1 saturated heterocycles. The maximum Gasteiger partial charge on any atom is 0.223 e. The van der Waals surface area contributed by atoms with Gasteiger partial charge in [-0.15, -0.1) is 11.6 Å². The third kappa shape index (κ3) is 3.15. The summed E-state index contributed by atoms with van der Waals surface area (Å²) in [7, 11) is -2.89. The molecular formula is C7H12ClNO3S. The number of carbonyl (C=O) groups is 1. The molecule has 0 aromatic carbocycles. The van der Waals surface area contributed by atoms with Crippen LogP contribution in [0.15, 0.2) is 0 Å². The van der Waals surface area contributed by atoms with Crippen LogP contribution in [-0.4, -0.2) is 49.7 Å². The number of sulfone groups is 1. The Bertz CT molecular complexity index is 274.